The van der Waals surface area contributed by atoms with Gasteiger partial charge >= 0.3 is 24.8 Å². The maximum atomic E-state index is 13.2. The van der Waals surface area contributed by atoms with Crippen molar-refractivity contribution in [2.75, 3.05) is 19.1 Å². The molecule has 6 nitrogen and oxygen atoms in total. The first kappa shape index (κ1) is 27.8. The first-order valence-corrected chi connectivity index (χ1v) is 12.1. The van der Waals surface area contributed by atoms with Crippen molar-refractivity contribution in [1.82, 2.24) is 5.32 Å². The fraction of sp³-hybridized carbons (Fsp3) is 0.308. The monoisotopic (exact) mass is 475 g/mol. The van der Waals surface area contributed by atoms with Gasteiger partial charge in [0.15, 0.2) is 0 Å². The summed E-state index contributed by atoms with van der Waals surface area (Å²) in [4.78, 5) is 24.9. The van der Waals surface area contributed by atoms with Crippen LogP contribution in [0.15, 0.2) is 59.0 Å². The molecule has 176 valence electrons. The van der Waals surface area contributed by atoms with Gasteiger partial charge in [-0.1, -0.05) is 30.3 Å². The molecule has 0 aliphatic carbocycles. The zero-order valence-corrected chi connectivity index (χ0v) is 21.1. The molecule has 0 saturated carbocycles. The molecule has 3 aromatic rings. The number of hydrogen-bond acceptors (Lipinski definition) is 5. The number of hydrogen-bond donors (Lipinski definition) is 2. The molecule has 0 saturated heterocycles. The van der Waals surface area contributed by atoms with Gasteiger partial charge in [-0.25, -0.2) is 4.79 Å². The fourth-order valence-corrected chi connectivity index (χ4v) is 4.23. The average Bonchev–Trinajstić information content (AvgIpc) is 3.22. The minimum absolute atomic E-state index is 0. The van der Waals surface area contributed by atoms with E-state index in [0.717, 1.165) is 22.5 Å². The van der Waals surface area contributed by atoms with Crippen molar-refractivity contribution in [1.29, 1.82) is 0 Å². The van der Waals surface area contributed by atoms with E-state index in [4.69, 9.17) is 9.15 Å². The van der Waals surface area contributed by atoms with Crippen LogP contribution in [0.3, 0.4) is 0 Å². The Morgan fingerprint density at radius 1 is 1.12 bits per heavy atom. The van der Waals surface area contributed by atoms with Crippen molar-refractivity contribution in [3.8, 4) is 11.1 Å². The third-order valence-corrected chi connectivity index (χ3v) is 6.14. The quantitative estimate of drug-likeness (QED) is 0.438. The number of carboxylic acid groups (broad SMARTS) is 1. The summed E-state index contributed by atoms with van der Waals surface area (Å²) in [6.45, 7) is 3.85. The molecule has 3 rings (SSSR count). The zero-order valence-electron chi connectivity index (χ0n) is 21.3. The summed E-state index contributed by atoms with van der Waals surface area (Å²) in [6, 6.07) is 16.1. The number of amides is 1. The standard InChI is InChI=1S/C26H29NO5S.Li.H/c1-16-7-5-6-8-19(16)21-15-18(24(31-3)23-12-9-17(2)32-23)10-11-20(21)25(28)27-22(26(29)30)13-14-33-4;;/h5-12,15,22,24H,13-14H2,1-4H3,(H,27,28)(H,29,30);;/q;+1;-1. The summed E-state index contributed by atoms with van der Waals surface area (Å²) in [5, 5.41) is 12.2. The van der Waals surface area contributed by atoms with Gasteiger partial charge in [-0.15, -0.1) is 0 Å². The summed E-state index contributed by atoms with van der Waals surface area (Å²) in [7, 11) is 1.61. The molecule has 1 aromatic heterocycles. The largest absolute Gasteiger partial charge is 1.00 e. The van der Waals surface area contributed by atoms with Crippen LogP contribution in [-0.4, -0.2) is 42.1 Å². The number of benzene rings is 2. The van der Waals surface area contributed by atoms with Gasteiger partial charge in [0.25, 0.3) is 5.91 Å². The predicted octanol–water partition coefficient (Wildman–Crippen LogP) is 2.35. The molecule has 34 heavy (non-hydrogen) atoms. The van der Waals surface area contributed by atoms with Crippen molar-refractivity contribution in [3.63, 3.8) is 0 Å². The molecular weight excluding hydrogens is 445 g/mol. The van der Waals surface area contributed by atoms with E-state index in [1.54, 1.807) is 24.9 Å². The number of thioether (sulfide) groups is 1. The molecule has 0 fully saturated rings. The van der Waals surface area contributed by atoms with E-state index in [-0.39, 0.29) is 20.3 Å². The van der Waals surface area contributed by atoms with Gasteiger partial charge in [-0.2, -0.15) is 11.8 Å². The van der Waals surface area contributed by atoms with E-state index in [0.29, 0.717) is 29.1 Å². The number of carbonyl (C=O) groups excluding carboxylic acids is 1. The Labute approximate surface area is 218 Å². The molecular formula is C26H30LiNO5S. The summed E-state index contributed by atoms with van der Waals surface area (Å²) >= 11 is 1.54. The van der Waals surface area contributed by atoms with Gasteiger partial charge in [0, 0.05) is 12.7 Å². The van der Waals surface area contributed by atoms with Crippen LogP contribution in [0.25, 0.3) is 11.1 Å². The molecule has 1 heterocycles. The SMILES string of the molecule is COC(c1ccc(C(=O)NC(CCSC)C(=O)O)c(-c2ccccc2C)c1)c1ccc(C)o1.[H-].[Li+]. The molecule has 0 bridgehead atoms. The number of rotatable bonds is 10. The number of nitrogens with one attached hydrogen (secondary N) is 1. The molecule has 8 heteroatoms. The van der Waals surface area contributed by atoms with Crippen molar-refractivity contribution in [2.24, 2.45) is 0 Å². The Hall–Kier alpha value is -2.43. The summed E-state index contributed by atoms with van der Waals surface area (Å²) in [6.07, 6.45) is 1.82. The van der Waals surface area contributed by atoms with Crippen LogP contribution in [0.1, 0.15) is 47.0 Å². The second-order valence-corrected chi connectivity index (χ2v) is 8.82. The first-order chi connectivity index (χ1) is 15.8. The minimum atomic E-state index is -1.04. The van der Waals surface area contributed by atoms with Crippen LogP contribution in [0.2, 0.25) is 0 Å². The molecule has 0 aliphatic heterocycles. The average molecular weight is 476 g/mol. The molecule has 1 amide bonds. The van der Waals surface area contributed by atoms with Crippen LogP contribution in [-0.2, 0) is 9.53 Å². The number of carboxylic acids is 1. The molecule has 0 spiro atoms. The number of furan rings is 1. The number of methoxy groups -OCH3 is 1. The fourth-order valence-electron chi connectivity index (χ4n) is 3.76. The van der Waals surface area contributed by atoms with Crippen molar-refractivity contribution >= 4 is 23.6 Å². The number of aliphatic carboxylic acids is 1. The Bertz CT molecular complexity index is 1140. The van der Waals surface area contributed by atoms with Gasteiger partial charge < -0.3 is 21.0 Å². The van der Waals surface area contributed by atoms with E-state index in [2.05, 4.69) is 5.32 Å². The third kappa shape index (κ3) is 6.58. The Morgan fingerprint density at radius 3 is 2.44 bits per heavy atom. The first-order valence-electron chi connectivity index (χ1n) is 10.7. The molecule has 0 aliphatic rings. The third-order valence-electron chi connectivity index (χ3n) is 5.50. The van der Waals surface area contributed by atoms with Crippen molar-refractivity contribution in [2.45, 2.75) is 32.4 Å². The maximum absolute atomic E-state index is 13.2. The molecule has 0 radical (unpaired) electrons. The van der Waals surface area contributed by atoms with E-state index < -0.39 is 24.0 Å². The van der Waals surface area contributed by atoms with E-state index in [1.807, 2.05) is 68.6 Å². The smallest absolute Gasteiger partial charge is 1.00 e. The van der Waals surface area contributed by atoms with Crippen molar-refractivity contribution < 1.29 is 44.1 Å². The topological polar surface area (TPSA) is 88.8 Å². The van der Waals surface area contributed by atoms with Gasteiger partial charge in [0.1, 0.15) is 23.7 Å². The Balaban J connectivity index is 0.00000306. The summed E-state index contributed by atoms with van der Waals surface area (Å²) in [5.74, 6) is 0.632. The van der Waals surface area contributed by atoms with Gasteiger partial charge in [-0.05, 0) is 78.8 Å². The van der Waals surface area contributed by atoms with Crippen LogP contribution < -0.4 is 24.2 Å². The van der Waals surface area contributed by atoms with Gasteiger partial charge in [0.2, 0.25) is 0 Å². The van der Waals surface area contributed by atoms with Crippen LogP contribution in [0.5, 0.6) is 0 Å². The summed E-state index contributed by atoms with van der Waals surface area (Å²) < 4.78 is 11.5. The minimum Gasteiger partial charge on any atom is -1.00 e. The molecule has 2 aromatic carbocycles. The second kappa shape index (κ2) is 12.9. The molecule has 2 unspecified atom stereocenters. The normalized spacial score (nSPS) is 12.5. The van der Waals surface area contributed by atoms with Gasteiger partial charge in [-0.3, -0.25) is 4.79 Å². The number of aryl methyl sites for hydroxylation is 2. The second-order valence-electron chi connectivity index (χ2n) is 7.83. The maximum Gasteiger partial charge on any atom is 1.00 e. The van der Waals surface area contributed by atoms with Gasteiger partial charge in [0.05, 0.1) is 0 Å². The van der Waals surface area contributed by atoms with E-state index in [1.165, 1.54) is 0 Å². The molecule has 2 N–H and O–H groups in total. The summed E-state index contributed by atoms with van der Waals surface area (Å²) in [5.41, 5.74) is 3.85. The van der Waals surface area contributed by atoms with Crippen molar-refractivity contribution in [3.05, 3.63) is 82.8 Å². The number of carbonyl (C=O) groups is 2. The van der Waals surface area contributed by atoms with Crippen LogP contribution in [0, 0.1) is 13.8 Å². The number of ether oxygens (including phenoxy) is 1. The Kier molecular flexibility index (Phi) is 10.5. The van der Waals surface area contributed by atoms with Crippen LogP contribution >= 0.6 is 11.8 Å². The Morgan fingerprint density at radius 2 is 1.85 bits per heavy atom. The predicted molar refractivity (Wildman–Crippen MR) is 132 cm³/mol. The van der Waals surface area contributed by atoms with Crippen LogP contribution in [0.4, 0.5) is 0 Å². The molecule has 2 atom stereocenters. The van der Waals surface area contributed by atoms with E-state index >= 15 is 0 Å². The van der Waals surface area contributed by atoms with E-state index in [9.17, 15) is 14.7 Å². The zero-order chi connectivity index (χ0) is 24.0.